The van der Waals surface area contributed by atoms with Gasteiger partial charge >= 0.3 is 6.09 Å². The molecule has 2 aliphatic heterocycles. The summed E-state index contributed by atoms with van der Waals surface area (Å²) < 4.78 is 22.1. The van der Waals surface area contributed by atoms with Crippen LogP contribution in [0, 0.1) is 12.7 Å². The van der Waals surface area contributed by atoms with Crippen LogP contribution >= 0.6 is 15.9 Å². The number of carbonyl (C=O) groups is 2. The van der Waals surface area contributed by atoms with Crippen LogP contribution in [-0.2, 0) is 11.3 Å². The van der Waals surface area contributed by atoms with Gasteiger partial charge in [0.15, 0.2) is 0 Å². The van der Waals surface area contributed by atoms with Crippen LogP contribution in [-0.4, -0.2) is 62.9 Å². The minimum absolute atomic E-state index is 0.178. The van der Waals surface area contributed by atoms with Gasteiger partial charge in [-0.1, -0.05) is 0 Å². The first-order valence-corrected chi connectivity index (χ1v) is 10.5. The van der Waals surface area contributed by atoms with Gasteiger partial charge in [-0.2, -0.15) is 5.10 Å². The van der Waals surface area contributed by atoms with Crippen molar-refractivity contribution in [1.82, 2.24) is 19.6 Å². The van der Waals surface area contributed by atoms with Crippen LogP contribution in [0.4, 0.5) is 9.18 Å². The highest BCUT2D eigenvalue weighted by Crippen LogP contribution is 2.35. The minimum Gasteiger partial charge on any atom is -0.444 e. The van der Waals surface area contributed by atoms with Gasteiger partial charge in [0.1, 0.15) is 11.4 Å². The number of carbonyl (C=O) groups excluding carboxylic acids is 2. The van der Waals surface area contributed by atoms with Crippen LogP contribution in [0.25, 0.3) is 10.9 Å². The molecular weight excluding hydrogens is 443 g/mol. The Kier molecular flexibility index (Phi) is 4.83. The fraction of sp³-hybridized carbons (Fsp3) is 0.550. The standard InChI is InChI=1S/C20H24BrFN4O3/c1-11-15-16(21)14(22)9-13-17(15)26(23-11)6-5-12-10-24(7-8-25(12)18(13)27)19(28)29-20(2,3)4/h9,12H,5-8,10H2,1-4H3/t12-/m0/s1. The number of rotatable bonds is 0. The number of benzene rings is 1. The topological polar surface area (TPSA) is 67.7 Å². The molecule has 0 aliphatic carbocycles. The van der Waals surface area contributed by atoms with Crippen LogP contribution in [0.15, 0.2) is 10.5 Å². The average molecular weight is 467 g/mol. The van der Waals surface area contributed by atoms with Gasteiger partial charge in [-0.3, -0.25) is 9.48 Å². The second kappa shape index (κ2) is 6.97. The van der Waals surface area contributed by atoms with E-state index in [1.54, 1.807) is 14.5 Å². The highest BCUT2D eigenvalue weighted by Gasteiger charge is 2.37. The molecule has 2 aliphatic rings. The van der Waals surface area contributed by atoms with Gasteiger partial charge in [-0.15, -0.1) is 0 Å². The summed E-state index contributed by atoms with van der Waals surface area (Å²) in [5, 5.41) is 5.18. The van der Waals surface area contributed by atoms with Crippen molar-refractivity contribution in [1.29, 1.82) is 0 Å². The lowest BCUT2D eigenvalue weighted by atomic mass is 10.0. The quantitative estimate of drug-likeness (QED) is 0.593. The molecule has 0 bridgehead atoms. The number of aromatic nitrogens is 2. The van der Waals surface area contributed by atoms with Gasteiger partial charge in [-0.25, -0.2) is 9.18 Å². The lowest BCUT2D eigenvalue weighted by Crippen LogP contribution is -2.57. The molecule has 0 spiro atoms. The van der Waals surface area contributed by atoms with E-state index in [0.717, 1.165) is 0 Å². The van der Waals surface area contributed by atoms with E-state index in [0.29, 0.717) is 59.2 Å². The van der Waals surface area contributed by atoms with Gasteiger partial charge in [0.25, 0.3) is 5.91 Å². The van der Waals surface area contributed by atoms with Gasteiger partial charge in [0.05, 0.1) is 27.3 Å². The van der Waals surface area contributed by atoms with E-state index in [2.05, 4.69) is 21.0 Å². The third-order valence-corrected chi connectivity index (χ3v) is 6.16. The normalized spacial score (nSPS) is 19.8. The zero-order chi connectivity index (χ0) is 21.1. The molecule has 0 saturated carbocycles. The molecule has 2 aromatic rings. The van der Waals surface area contributed by atoms with Crippen LogP contribution in [0.5, 0.6) is 0 Å². The predicted molar refractivity (Wildman–Crippen MR) is 109 cm³/mol. The molecule has 0 unspecified atom stereocenters. The summed E-state index contributed by atoms with van der Waals surface area (Å²) in [5.41, 5.74) is 1.08. The van der Waals surface area contributed by atoms with Crippen molar-refractivity contribution >= 4 is 38.8 Å². The molecule has 0 N–H and O–H groups in total. The Bertz CT molecular complexity index is 1010. The maximum atomic E-state index is 14.5. The number of halogens is 2. The second-order valence-electron chi connectivity index (χ2n) is 8.62. The van der Waals surface area contributed by atoms with Crippen molar-refractivity contribution < 1.29 is 18.7 Å². The number of hydrogen-bond acceptors (Lipinski definition) is 4. The van der Waals surface area contributed by atoms with E-state index in [1.807, 2.05) is 27.7 Å². The molecule has 0 radical (unpaired) electrons. The van der Waals surface area contributed by atoms with E-state index in [-0.39, 0.29) is 18.0 Å². The lowest BCUT2D eigenvalue weighted by molar-refractivity contribution is 0.00275. The van der Waals surface area contributed by atoms with Crippen molar-refractivity contribution in [3.63, 3.8) is 0 Å². The maximum Gasteiger partial charge on any atom is 0.410 e. The Hall–Kier alpha value is -2.16. The third-order valence-electron chi connectivity index (χ3n) is 5.38. The summed E-state index contributed by atoms with van der Waals surface area (Å²) in [7, 11) is 0. The number of ether oxygens (including phenoxy) is 1. The van der Waals surface area contributed by atoms with Gasteiger partial charge < -0.3 is 14.5 Å². The van der Waals surface area contributed by atoms with Crippen molar-refractivity contribution in [3.05, 3.63) is 27.6 Å². The second-order valence-corrected chi connectivity index (χ2v) is 9.41. The summed E-state index contributed by atoms with van der Waals surface area (Å²) in [5.74, 6) is -0.705. The Balaban J connectivity index is 1.68. The largest absolute Gasteiger partial charge is 0.444 e. The number of amides is 2. The molecule has 156 valence electrons. The molecular formula is C20H24BrFN4O3. The third kappa shape index (κ3) is 3.49. The maximum absolute atomic E-state index is 14.5. The summed E-state index contributed by atoms with van der Waals surface area (Å²) in [6, 6.07) is 1.11. The molecule has 4 rings (SSSR count). The molecule has 1 aromatic carbocycles. The highest BCUT2D eigenvalue weighted by molar-refractivity contribution is 9.10. The van der Waals surface area contributed by atoms with Crippen molar-refractivity contribution in [2.24, 2.45) is 0 Å². The Morgan fingerprint density at radius 3 is 2.72 bits per heavy atom. The fourth-order valence-electron chi connectivity index (χ4n) is 4.11. The number of nitrogens with zero attached hydrogens (tertiary/aromatic N) is 4. The number of piperazine rings is 1. The number of fused-ring (bicyclic) bond motifs is 1. The Morgan fingerprint density at radius 2 is 2.03 bits per heavy atom. The molecule has 2 amide bonds. The first-order valence-electron chi connectivity index (χ1n) is 9.71. The first-order chi connectivity index (χ1) is 13.6. The Labute approximate surface area is 176 Å². The first kappa shape index (κ1) is 20.1. The van der Waals surface area contributed by atoms with Gasteiger partial charge in [0, 0.05) is 31.6 Å². The zero-order valence-electron chi connectivity index (χ0n) is 17.0. The average Bonchev–Trinajstić information content (AvgIpc) is 2.96. The van der Waals surface area contributed by atoms with E-state index >= 15 is 0 Å². The zero-order valence-corrected chi connectivity index (χ0v) is 18.5. The predicted octanol–water partition coefficient (Wildman–Crippen LogP) is 3.71. The molecule has 7 nitrogen and oxygen atoms in total. The highest BCUT2D eigenvalue weighted by atomic mass is 79.9. The van der Waals surface area contributed by atoms with Gasteiger partial charge in [0.2, 0.25) is 0 Å². The van der Waals surface area contributed by atoms with E-state index in [9.17, 15) is 14.0 Å². The molecule has 1 fully saturated rings. The van der Waals surface area contributed by atoms with E-state index < -0.39 is 11.4 Å². The molecule has 3 heterocycles. The van der Waals surface area contributed by atoms with Crippen molar-refractivity contribution in [2.75, 3.05) is 19.6 Å². The van der Waals surface area contributed by atoms with E-state index in [1.165, 1.54) is 6.07 Å². The van der Waals surface area contributed by atoms with Crippen molar-refractivity contribution in [2.45, 2.75) is 52.3 Å². The summed E-state index contributed by atoms with van der Waals surface area (Å²) in [6.07, 6.45) is 0.273. The molecule has 29 heavy (non-hydrogen) atoms. The molecule has 1 saturated heterocycles. The smallest absolute Gasteiger partial charge is 0.410 e. The van der Waals surface area contributed by atoms with Crippen LogP contribution in [0.2, 0.25) is 0 Å². The van der Waals surface area contributed by atoms with Crippen molar-refractivity contribution in [3.8, 4) is 0 Å². The lowest BCUT2D eigenvalue weighted by Gasteiger charge is -2.42. The molecule has 1 atom stereocenters. The van der Waals surface area contributed by atoms with Crippen LogP contribution in [0.3, 0.4) is 0 Å². The van der Waals surface area contributed by atoms with Crippen LogP contribution < -0.4 is 0 Å². The summed E-state index contributed by atoms with van der Waals surface area (Å²) in [6.45, 7) is 9.03. The minimum atomic E-state index is -0.576. The fourth-order valence-corrected chi connectivity index (χ4v) is 4.70. The number of aryl methyl sites for hydroxylation is 2. The Morgan fingerprint density at radius 1 is 1.31 bits per heavy atom. The van der Waals surface area contributed by atoms with E-state index in [4.69, 9.17) is 4.74 Å². The van der Waals surface area contributed by atoms with Gasteiger partial charge in [-0.05, 0) is 56.1 Å². The number of hydrogen-bond donors (Lipinski definition) is 0. The monoisotopic (exact) mass is 466 g/mol. The molecule has 9 heteroatoms. The van der Waals surface area contributed by atoms with Crippen LogP contribution in [0.1, 0.15) is 43.2 Å². The summed E-state index contributed by atoms with van der Waals surface area (Å²) >= 11 is 3.30. The molecule has 1 aromatic heterocycles. The SMILES string of the molecule is Cc1nn2c3c(cc(F)c(Br)c13)C(=O)N1CCN(C(=O)OC(C)(C)C)C[C@@H]1CC2. The summed E-state index contributed by atoms with van der Waals surface area (Å²) in [4.78, 5) is 29.3.